The van der Waals surface area contributed by atoms with Crippen molar-refractivity contribution in [1.29, 1.82) is 0 Å². The zero-order valence-electron chi connectivity index (χ0n) is 17.1. The van der Waals surface area contributed by atoms with E-state index in [9.17, 15) is 4.79 Å². The predicted molar refractivity (Wildman–Crippen MR) is 105 cm³/mol. The monoisotopic (exact) mass is 340 g/mol. The molecule has 0 unspecified atom stereocenters. The summed E-state index contributed by atoms with van der Waals surface area (Å²) in [6, 6.07) is 0. The first-order valence-corrected chi connectivity index (χ1v) is 10.7. The van der Waals surface area contributed by atoms with Crippen LogP contribution >= 0.6 is 0 Å². The summed E-state index contributed by atoms with van der Waals surface area (Å²) in [7, 11) is 0. The Morgan fingerprint density at radius 3 is 1.33 bits per heavy atom. The van der Waals surface area contributed by atoms with Crippen molar-refractivity contribution >= 4 is 5.97 Å². The number of esters is 1. The van der Waals surface area contributed by atoms with Gasteiger partial charge in [0.1, 0.15) is 5.60 Å². The Kier molecular flexibility index (Phi) is 15.6. The van der Waals surface area contributed by atoms with Gasteiger partial charge in [-0.2, -0.15) is 0 Å². The van der Waals surface area contributed by atoms with Crippen molar-refractivity contribution in [3.8, 4) is 0 Å². The molecule has 0 amide bonds. The average Bonchev–Trinajstić information content (AvgIpc) is 2.49. The second kappa shape index (κ2) is 16.0. The van der Waals surface area contributed by atoms with Crippen LogP contribution in [0.3, 0.4) is 0 Å². The van der Waals surface area contributed by atoms with E-state index in [0.717, 1.165) is 12.8 Å². The SMILES string of the molecule is CCCCCCCCCCCCCCCCCC(C)(C)OC(C)=O. The summed E-state index contributed by atoms with van der Waals surface area (Å²) in [4.78, 5) is 11.0. The van der Waals surface area contributed by atoms with Crippen LogP contribution in [-0.2, 0) is 9.53 Å². The number of carbonyl (C=O) groups excluding carboxylic acids is 1. The molecule has 0 fully saturated rings. The topological polar surface area (TPSA) is 26.3 Å². The van der Waals surface area contributed by atoms with E-state index in [2.05, 4.69) is 6.92 Å². The molecule has 0 saturated carbocycles. The van der Waals surface area contributed by atoms with Gasteiger partial charge in [0.2, 0.25) is 0 Å². The van der Waals surface area contributed by atoms with E-state index in [4.69, 9.17) is 4.74 Å². The highest BCUT2D eigenvalue weighted by atomic mass is 16.6. The van der Waals surface area contributed by atoms with Gasteiger partial charge < -0.3 is 4.74 Å². The van der Waals surface area contributed by atoms with E-state index in [-0.39, 0.29) is 11.6 Å². The fourth-order valence-electron chi connectivity index (χ4n) is 3.36. The van der Waals surface area contributed by atoms with Crippen molar-refractivity contribution < 1.29 is 9.53 Å². The van der Waals surface area contributed by atoms with Gasteiger partial charge in [-0.25, -0.2) is 0 Å². The smallest absolute Gasteiger partial charge is 0.303 e. The largest absolute Gasteiger partial charge is 0.460 e. The molecular weight excluding hydrogens is 296 g/mol. The minimum Gasteiger partial charge on any atom is -0.460 e. The highest BCUT2D eigenvalue weighted by molar-refractivity contribution is 5.66. The first-order chi connectivity index (χ1) is 11.5. The molecule has 0 aliphatic heterocycles. The maximum absolute atomic E-state index is 11.0. The molecule has 0 aromatic heterocycles. The van der Waals surface area contributed by atoms with E-state index in [0.29, 0.717) is 0 Å². The van der Waals surface area contributed by atoms with Gasteiger partial charge in [0.15, 0.2) is 0 Å². The highest BCUT2D eigenvalue weighted by Gasteiger charge is 2.19. The molecule has 0 rings (SSSR count). The first kappa shape index (κ1) is 23.5. The molecule has 0 atom stereocenters. The van der Waals surface area contributed by atoms with Crippen molar-refractivity contribution in [3.63, 3.8) is 0 Å². The Morgan fingerprint density at radius 2 is 1.00 bits per heavy atom. The van der Waals surface area contributed by atoms with Gasteiger partial charge >= 0.3 is 5.97 Å². The van der Waals surface area contributed by atoms with Gasteiger partial charge in [-0.05, 0) is 26.7 Å². The lowest BCUT2D eigenvalue weighted by Gasteiger charge is -2.24. The third-order valence-electron chi connectivity index (χ3n) is 4.80. The van der Waals surface area contributed by atoms with Crippen molar-refractivity contribution in [2.45, 2.75) is 136 Å². The molecule has 0 aliphatic rings. The number of hydrogen-bond acceptors (Lipinski definition) is 2. The summed E-state index contributed by atoms with van der Waals surface area (Å²) in [5, 5.41) is 0. The number of hydrogen-bond donors (Lipinski definition) is 0. The predicted octanol–water partition coefficient (Wildman–Crippen LogP) is 7.59. The van der Waals surface area contributed by atoms with Crippen molar-refractivity contribution in [3.05, 3.63) is 0 Å². The molecule has 0 bridgehead atoms. The van der Waals surface area contributed by atoms with E-state index >= 15 is 0 Å². The number of rotatable bonds is 17. The standard InChI is InChI=1S/C22H44O2/c1-5-6-7-8-9-10-11-12-13-14-15-16-17-18-19-20-22(3,4)24-21(2)23/h5-20H2,1-4H3. The van der Waals surface area contributed by atoms with Crippen LogP contribution in [0.2, 0.25) is 0 Å². The van der Waals surface area contributed by atoms with Crippen LogP contribution in [0.15, 0.2) is 0 Å². The normalized spacial score (nSPS) is 11.7. The van der Waals surface area contributed by atoms with E-state index in [1.54, 1.807) is 0 Å². The third kappa shape index (κ3) is 17.8. The number of unbranched alkanes of at least 4 members (excludes halogenated alkanes) is 14. The summed E-state index contributed by atoms with van der Waals surface area (Å²) in [6.45, 7) is 7.80. The molecule has 0 aromatic carbocycles. The number of carbonyl (C=O) groups is 1. The molecule has 24 heavy (non-hydrogen) atoms. The van der Waals surface area contributed by atoms with Crippen molar-refractivity contribution in [2.75, 3.05) is 0 Å². The van der Waals surface area contributed by atoms with E-state index in [1.165, 1.54) is 96.8 Å². The van der Waals surface area contributed by atoms with Gasteiger partial charge in [0.05, 0.1) is 0 Å². The number of ether oxygens (including phenoxy) is 1. The lowest BCUT2D eigenvalue weighted by atomic mass is 9.99. The minimum absolute atomic E-state index is 0.166. The van der Waals surface area contributed by atoms with Gasteiger partial charge in [0.25, 0.3) is 0 Å². The maximum atomic E-state index is 11.0. The van der Waals surface area contributed by atoms with Gasteiger partial charge in [-0.15, -0.1) is 0 Å². The molecule has 0 aromatic rings. The summed E-state index contributed by atoms with van der Waals surface area (Å²) < 4.78 is 5.32. The molecule has 0 spiro atoms. The van der Waals surface area contributed by atoms with E-state index in [1.807, 2.05) is 13.8 Å². The Hall–Kier alpha value is -0.530. The Balaban J connectivity index is 3.19. The average molecular weight is 341 g/mol. The van der Waals surface area contributed by atoms with Crippen molar-refractivity contribution in [1.82, 2.24) is 0 Å². The van der Waals surface area contributed by atoms with Crippen LogP contribution in [0.4, 0.5) is 0 Å². The van der Waals surface area contributed by atoms with Crippen LogP contribution in [0.1, 0.15) is 130 Å². The molecule has 0 N–H and O–H groups in total. The highest BCUT2D eigenvalue weighted by Crippen LogP contribution is 2.20. The van der Waals surface area contributed by atoms with Crippen molar-refractivity contribution in [2.24, 2.45) is 0 Å². The van der Waals surface area contributed by atoms with Gasteiger partial charge in [-0.3, -0.25) is 4.79 Å². The zero-order chi connectivity index (χ0) is 18.1. The molecule has 144 valence electrons. The third-order valence-corrected chi connectivity index (χ3v) is 4.80. The zero-order valence-corrected chi connectivity index (χ0v) is 17.1. The fraction of sp³-hybridized carbons (Fsp3) is 0.955. The minimum atomic E-state index is -0.289. The quantitative estimate of drug-likeness (QED) is 0.201. The van der Waals surface area contributed by atoms with E-state index < -0.39 is 0 Å². The molecule has 0 aliphatic carbocycles. The molecule has 0 heterocycles. The summed E-state index contributed by atoms with van der Waals surface area (Å²) >= 11 is 0. The molecule has 0 saturated heterocycles. The Labute approximate surface area is 152 Å². The molecule has 0 radical (unpaired) electrons. The first-order valence-electron chi connectivity index (χ1n) is 10.7. The van der Waals surface area contributed by atoms with Crippen LogP contribution in [0, 0.1) is 0 Å². The molecule has 2 nitrogen and oxygen atoms in total. The summed E-state index contributed by atoms with van der Waals surface area (Å²) in [6.07, 6.45) is 21.8. The summed E-state index contributed by atoms with van der Waals surface area (Å²) in [5.74, 6) is -0.166. The van der Waals surface area contributed by atoms with Crippen LogP contribution in [0.25, 0.3) is 0 Å². The fourth-order valence-corrected chi connectivity index (χ4v) is 3.36. The lowest BCUT2D eigenvalue weighted by molar-refractivity contribution is -0.154. The van der Waals surface area contributed by atoms with Crippen LogP contribution in [-0.4, -0.2) is 11.6 Å². The van der Waals surface area contributed by atoms with Gasteiger partial charge in [-0.1, -0.05) is 96.8 Å². The second-order valence-electron chi connectivity index (χ2n) is 8.05. The Bertz CT molecular complexity index is 284. The molecule has 2 heteroatoms. The van der Waals surface area contributed by atoms with Gasteiger partial charge in [0, 0.05) is 6.92 Å². The maximum Gasteiger partial charge on any atom is 0.303 e. The molecular formula is C22H44O2. The summed E-state index contributed by atoms with van der Waals surface area (Å²) in [5.41, 5.74) is -0.289. The van der Waals surface area contributed by atoms with Crippen LogP contribution in [0.5, 0.6) is 0 Å². The lowest BCUT2D eigenvalue weighted by Crippen LogP contribution is -2.26. The van der Waals surface area contributed by atoms with Crippen LogP contribution < -0.4 is 0 Å². The Morgan fingerprint density at radius 1 is 0.667 bits per heavy atom. The second-order valence-corrected chi connectivity index (χ2v) is 8.05.